The van der Waals surface area contributed by atoms with E-state index in [0.717, 1.165) is 0 Å². The van der Waals surface area contributed by atoms with Crippen molar-refractivity contribution in [1.29, 1.82) is 0 Å². The Hall–Kier alpha value is -0.810. The molecule has 0 spiro atoms. The summed E-state index contributed by atoms with van der Waals surface area (Å²) in [6.07, 6.45) is 3.74. The van der Waals surface area contributed by atoms with Gasteiger partial charge in [0, 0.05) is 12.5 Å². The van der Waals surface area contributed by atoms with Gasteiger partial charge >= 0.3 is 0 Å². The normalized spacial score (nSPS) is 7.25. The van der Waals surface area contributed by atoms with Crippen molar-refractivity contribution in [1.82, 2.24) is 0 Å². The highest BCUT2D eigenvalue weighted by Crippen LogP contribution is 1.79. The van der Waals surface area contributed by atoms with Crippen LogP contribution >= 0.6 is 0 Å². The van der Waals surface area contributed by atoms with Crippen LogP contribution in [0.3, 0.4) is 0 Å². The zero-order valence-electron chi connectivity index (χ0n) is 5.27. The molecule has 0 rings (SSSR count). The lowest BCUT2D eigenvalue weighted by molar-refractivity contribution is -0.114. The lowest BCUT2D eigenvalue weighted by atomic mass is 10.3. The predicted octanol–water partition coefficient (Wildman–Crippen LogP) is 1.70. The monoisotopic (exact) mass is 110 g/mol. The fourth-order valence-electron chi connectivity index (χ4n) is 0.278. The van der Waals surface area contributed by atoms with Gasteiger partial charge in [0.25, 0.3) is 0 Å². The Balaban J connectivity index is 3.71. The molecule has 0 saturated carbocycles. The quantitative estimate of drug-likeness (QED) is 0.390. The van der Waals surface area contributed by atoms with Crippen molar-refractivity contribution in [3.8, 4) is 0 Å². The number of hydrogen-bond acceptors (Lipinski definition) is 1. The van der Waals surface area contributed by atoms with Crippen LogP contribution in [-0.2, 0) is 4.79 Å². The van der Waals surface area contributed by atoms with Crippen molar-refractivity contribution in [3.05, 3.63) is 17.9 Å². The zero-order valence-corrected chi connectivity index (χ0v) is 5.27. The Morgan fingerprint density at radius 3 is 2.75 bits per heavy atom. The molecule has 0 atom stereocenters. The topological polar surface area (TPSA) is 17.1 Å². The second-order valence-corrected chi connectivity index (χ2v) is 1.42. The molecule has 0 bridgehead atoms. The van der Waals surface area contributed by atoms with Crippen molar-refractivity contribution in [2.75, 3.05) is 0 Å². The minimum atomic E-state index is 0.128. The maximum Gasteiger partial charge on any atom is 0.163 e. The molecule has 8 heavy (non-hydrogen) atoms. The molecule has 0 amide bonds. The molecule has 0 aromatic carbocycles. The summed E-state index contributed by atoms with van der Waals surface area (Å²) in [5, 5.41) is 0. The third-order valence-corrected chi connectivity index (χ3v) is 0.759. The molecule has 0 unspecified atom stereocenters. The van der Waals surface area contributed by atoms with Crippen LogP contribution in [0.15, 0.2) is 17.9 Å². The molecule has 0 aliphatic rings. The zero-order chi connectivity index (χ0) is 6.41. The Kier molecular flexibility index (Phi) is 3.91. The first-order valence-electron chi connectivity index (χ1n) is 2.71. The van der Waals surface area contributed by atoms with Gasteiger partial charge in [-0.05, 0) is 13.0 Å². The van der Waals surface area contributed by atoms with Crippen molar-refractivity contribution in [3.63, 3.8) is 0 Å². The maximum absolute atomic E-state index is 10.4. The molecule has 0 aliphatic carbocycles. The standard InChI is InChI=1S/C7H10O/c1-3-5-6-7(8)4-2/h3,6H,4H2,1-2H3. The molecule has 0 fully saturated rings. The average molecular weight is 110 g/mol. The Bertz CT molecular complexity index is 127. The third-order valence-electron chi connectivity index (χ3n) is 0.759. The van der Waals surface area contributed by atoms with Gasteiger partial charge < -0.3 is 0 Å². The van der Waals surface area contributed by atoms with Crippen LogP contribution < -0.4 is 0 Å². The van der Waals surface area contributed by atoms with Crippen molar-refractivity contribution in [2.24, 2.45) is 0 Å². The first kappa shape index (κ1) is 7.19. The first-order chi connectivity index (χ1) is 3.81. The molecule has 0 aliphatic heterocycles. The minimum absolute atomic E-state index is 0.128. The van der Waals surface area contributed by atoms with Crippen molar-refractivity contribution >= 4 is 5.78 Å². The highest BCUT2D eigenvalue weighted by atomic mass is 16.1. The molecule has 1 nitrogen and oxygen atoms in total. The fourth-order valence-corrected chi connectivity index (χ4v) is 0.278. The summed E-state index contributed by atoms with van der Waals surface area (Å²) in [5.41, 5.74) is 2.70. The number of rotatable bonds is 2. The molecular formula is C7H10O. The third kappa shape index (κ3) is 3.38. The number of ketones is 1. The summed E-state index contributed by atoms with van der Waals surface area (Å²) >= 11 is 0. The second-order valence-electron chi connectivity index (χ2n) is 1.42. The van der Waals surface area contributed by atoms with Crippen LogP contribution in [-0.4, -0.2) is 5.78 Å². The van der Waals surface area contributed by atoms with E-state index in [0.29, 0.717) is 6.42 Å². The van der Waals surface area contributed by atoms with Gasteiger partial charge in [0.1, 0.15) is 0 Å². The maximum atomic E-state index is 10.4. The van der Waals surface area contributed by atoms with Crippen molar-refractivity contribution in [2.45, 2.75) is 20.3 Å². The van der Waals surface area contributed by atoms with Gasteiger partial charge in [0.2, 0.25) is 0 Å². The van der Waals surface area contributed by atoms with Crippen LogP contribution in [0.2, 0.25) is 0 Å². The van der Waals surface area contributed by atoms with Crippen LogP contribution in [0.4, 0.5) is 0 Å². The Labute approximate surface area is 49.7 Å². The fraction of sp³-hybridized carbons (Fsp3) is 0.429. The summed E-state index contributed by atoms with van der Waals surface area (Å²) in [5.74, 6) is 0.128. The van der Waals surface area contributed by atoms with Crippen LogP contribution in [0.1, 0.15) is 20.3 Å². The van der Waals surface area contributed by atoms with Crippen molar-refractivity contribution < 1.29 is 4.79 Å². The number of allylic oxidation sites excluding steroid dienone is 1. The largest absolute Gasteiger partial charge is 0.294 e. The average Bonchev–Trinajstić information content (AvgIpc) is 1.83. The molecule has 0 N–H and O–H groups in total. The molecule has 0 aromatic heterocycles. The van der Waals surface area contributed by atoms with E-state index >= 15 is 0 Å². The molecule has 0 aromatic rings. The SMILES string of the molecule is CC=C=CC(=O)CC. The highest BCUT2D eigenvalue weighted by Gasteiger charge is 1.84. The van der Waals surface area contributed by atoms with Gasteiger partial charge in [-0.1, -0.05) is 6.92 Å². The molecular weight excluding hydrogens is 100 g/mol. The summed E-state index contributed by atoms with van der Waals surface area (Å²) in [7, 11) is 0. The van der Waals surface area contributed by atoms with Gasteiger partial charge in [-0.3, -0.25) is 4.79 Å². The Morgan fingerprint density at radius 2 is 2.38 bits per heavy atom. The van der Waals surface area contributed by atoms with Crippen LogP contribution in [0.25, 0.3) is 0 Å². The lowest BCUT2D eigenvalue weighted by Gasteiger charge is -1.76. The van der Waals surface area contributed by atoms with E-state index in [1.165, 1.54) is 6.08 Å². The highest BCUT2D eigenvalue weighted by molar-refractivity contribution is 5.89. The smallest absolute Gasteiger partial charge is 0.163 e. The first-order valence-corrected chi connectivity index (χ1v) is 2.71. The molecule has 0 radical (unpaired) electrons. The van der Waals surface area contributed by atoms with E-state index in [-0.39, 0.29) is 5.78 Å². The van der Waals surface area contributed by atoms with Crippen LogP contribution in [0, 0.1) is 0 Å². The predicted molar refractivity (Wildman–Crippen MR) is 33.6 cm³/mol. The lowest BCUT2D eigenvalue weighted by Crippen LogP contribution is -1.84. The van der Waals surface area contributed by atoms with E-state index in [2.05, 4.69) is 5.73 Å². The number of carbonyl (C=O) groups is 1. The number of hydrogen-bond donors (Lipinski definition) is 0. The Morgan fingerprint density at radius 1 is 1.75 bits per heavy atom. The second kappa shape index (κ2) is 4.35. The number of carbonyl (C=O) groups excluding carboxylic acids is 1. The van der Waals surface area contributed by atoms with E-state index in [4.69, 9.17) is 0 Å². The van der Waals surface area contributed by atoms with Gasteiger partial charge in [-0.25, -0.2) is 0 Å². The summed E-state index contributed by atoms with van der Waals surface area (Å²) in [6, 6.07) is 0. The molecule has 44 valence electrons. The molecule has 1 heteroatoms. The van der Waals surface area contributed by atoms with Gasteiger partial charge in [0.05, 0.1) is 0 Å². The van der Waals surface area contributed by atoms with Gasteiger partial charge in [0.15, 0.2) is 5.78 Å². The minimum Gasteiger partial charge on any atom is -0.294 e. The van der Waals surface area contributed by atoms with E-state index < -0.39 is 0 Å². The molecule has 0 saturated heterocycles. The van der Waals surface area contributed by atoms with E-state index in [1.54, 1.807) is 6.08 Å². The molecule has 0 heterocycles. The van der Waals surface area contributed by atoms with Gasteiger partial charge in [-0.2, -0.15) is 0 Å². The van der Waals surface area contributed by atoms with E-state index in [9.17, 15) is 4.79 Å². The van der Waals surface area contributed by atoms with E-state index in [1.807, 2.05) is 13.8 Å². The summed E-state index contributed by atoms with van der Waals surface area (Å²) in [4.78, 5) is 10.4. The van der Waals surface area contributed by atoms with Crippen LogP contribution in [0.5, 0.6) is 0 Å². The summed E-state index contributed by atoms with van der Waals surface area (Å²) in [6.45, 7) is 3.66. The van der Waals surface area contributed by atoms with Gasteiger partial charge in [-0.15, -0.1) is 5.73 Å². The summed E-state index contributed by atoms with van der Waals surface area (Å²) < 4.78 is 0.